The summed E-state index contributed by atoms with van der Waals surface area (Å²) in [4.78, 5) is 39.3. The van der Waals surface area contributed by atoms with Crippen LogP contribution < -0.4 is 10.1 Å². The smallest absolute Gasteiger partial charge is 0.336 e. The van der Waals surface area contributed by atoms with Crippen LogP contribution in [-0.4, -0.2) is 31.4 Å². The second kappa shape index (κ2) is 10.8. The van der Waals surface area contributed by atoms with Gasteiger partial charge >= 0.3 is 11.9 Å². The average molecular weight is 490 g/mol. The van der Waals surface area contributed by atoms with Gasteiger partial charge in [-0.2, -0.15) is 0 Å². The van der Waals surface area contributed by atoms with Gasteiger partial charge in [0.15, 0.2) is 5.78 Å². The van der Waals surface area contributed by atoms with Crippen LogP contribution >= 0.6 is 0 Å². The first kappa shape index (κ1) is 25.2. The van der Waals surface area contributed by atoms with Crippen LogP contribution in [0.3, 0.4) is 0 Å². The fourth-order valence-electron chi connectivity index (χ4n) is 4.99. The molecular weight excluding hydrogens is 458 g/mol. The summed E-state index contributed by atoms with van der Waals surface area (Å²) in [5, 5.41) is 3.26. The Hall–Kier alpha value is -3.87. The summed E-state index contributed by atoms with van der Waals surface area (Å²) in [6.07, 6.45) is 0.489. The molecule has 0 unspecified atom stereocenters. The molecule has 36 heavy (non-hydrogen) atoms. The number of rotatable bonds is 7. The third kappa shape index (κ3) is 4.91. The molecule has 0 aromatic heterocycles. The van der Waals surface area contributed by atoms with E-state index in [1.54, 1.807) is 6.92 Å². The van der Waals surface area contributed by atoms with E-state index in [1.165, 1.54) is 7.11 Å². The number of dihydropyridines is 1. The number of benzene rings is 2. The van der Waals surface area contributed by atoms with Gasteiger partial charge in [0.05, 0.1) is 19.3 Å². The lowest BCUT2D eigenvalue weighted by Gasteiger charge is -2.38. The Morgan fingerprint density at radius 2 is 1.75 bits per heavy atom. The minimum atomic E-state index is -0.923. The predicted molar refractivity (Wildman–Crippen MR) is 134 cm³/mol. The van der Waals surface area contributed by atoms with Gasteiger partial charge in [-0.3, -0.25) is 9.59 Å². The topological polar surface area (TPSA) is 90.9 Å². The molecule has 0 saturated carbocycles. The van der Waals surface area contributed by atoms with Crippen molar-refractivity contribution in [1.82, 2.24) is 5.32 Å². The van der Waals surface area contributed by atoms with Crippen molar-refractivity contribution >= 4 is 17.7 Å². The first-order valence-corrected chi connectivity index (χ1v) is 12.1. The van der Waals surface area contributed by atoms with E-state index in [9.17, 15) is 14.4 Å². The fraction of sp³-hybridized carbons (Fsp3) is 0.345. The van der Waals surface area contributed by atoms with E-state index < -0.39 is 23.8 Å². The quantitative estimate of drug-likeness (QED) is 0.454. The zero-order chi connectivity index (χ0) is 25.8. The van der Waals surface area contributed by atoms with E-state index in [-0.39, 0.29) is 18.3 Å². The SMILES string of the molecule is CCOC(=O)C1=C(C)NC2=C(C(=O)[C@@H](C(=O)OC)[C@@H](C)C2)[C@H]1c1ccc(OCc2ccccc2)cc1. The lowest BCUT2D eigenvalue weighted by atomic mass is 9.69. The molecule has 7 heteroatoms. The first-order valence-electron chi connectivity index (χ1n) is 12.1. The maximum Gasteiger partial charge on any atom is 0.336 e. The molecule has 0 saturated heterocycles. The summed E-state index contributed by atoms with van der Waals surface area (Å²) in [5.41, 5.74) is 3.93. The third-order valence-electron chi connectivity index (χ3n) is 6.70. The van der Waals surface area contributed by atoms with E-state index in [0.717, 1.165) is 16.8 Å². The highest BCUT2D eigenvalue weighted by Gasteiger charge is 2.47. The molecule has 1 heterocycles. The molecule has 0 fully saturated rings. The van der Waals surface area contributed by atoms with Crippen LogP contribution in [0.15, 0.2) is 77.1 Å². The van der Waals surface area contributed by atoms with Crippen molar-refractivity contribution in [3.05, 3.63) is 88.3 Å². The summed E-state index contributed by atoms with van der Waals surface area (Å²) in [7, 11) is 1.28. The van der Waals surface area contributed by atoms with Gasteiger partial charge in [-0.05, 0) is 49.4 Å². The van der Waals surface area contributed by atoms with Crippen molar-refractivity contribution < 1.29 is 28.6 Å². The van der Waals surface area contributed by atoms with Gasteiger partial charge in [-0.15, -0.1) is 0 Å². The standard InChI is InChI=1S/C29H31NO6/c1-5-35-29(33)24-18(3)30-22-15-17(2)23(28(32)34-4)27(31)26(22)25(24)20-11-13-21(14-12-20)36-16-19-9-7-6-8-10-19/h6-14,17,23,25,30H,5,15-16H2,1-4H3/t17-,23-,25-/m0/s1. The molecule has 1 aliphatic carbocycles. The van der Waals surface area contributed by atoms with Gasteiger partial charge in [0, 0.05) is 22.9 Å². The summed E-state index contributed by atoms with van der Waals surface area (Å²) in [6.45, 7) is 6.04. The molecule has 4 rings (SSSR count). The maximum absolute atomic E-state index is 13.7. The number of ketones is 1. The molecule has 0 radical (unpaired) electrons. The minimum absolute atomic E-state index is 0.205. The number of nitrogens with one attached hydrogen (secondary N) is 1. The zero-order valence-electron chi connectivity index (χ0n) is 21.0. The first-order chi connectivity index (χ1) is 17.3. The molecule has 0 spiro atoms. The number of Topliss-reactive ketones (excluding diaryl/α,β-unsaturated/α-hetero) is 1. The average Bonchev–Trinajstić information content (AvgIpc) is 2.87. The zero-order valence-corrected chi connectivity index (χ0v) is 21.0. The number of methoxy groups -OCH3 is 1. The second-order valence-electron chi connectivity index (χ2n) is 9.10. The molecule has 2 aromatic rings. The number of hydrogen-bond acceptors (Lipinski definition) is 7. The van der Waals surface area contributed by atoms with E-state index in [2.05, 4.69) is 5.32 Å². The Labute approximate surface area is 211 Å². The van der Waals surface area contributed by atoms with Gasteiger partial charge in [0.1, 0.15) is 18.3 Å². The highest BCUT2D eigenvalue weighted by atomic mass is 16.5. The van der Waals surface area contributed by atoms with Crippen LogP contribution in [0.1, 0.15) is 44.2 Å². The van der Waals surface area contributed by atoms with Crippen molar-refractivity contribution in [1.29, 1.82) is 0 Å². The number of carbonyl (C=O) groups is 3. The number of hydrogen-bond donors (Lipinski definition) is 1. The van der Waals surface area contributed by atoms with Crippen molar-refractivity contribution in [3.63, 3.8) is 0 Å². The Morgan fingerprint density at radius 3 is 2.39 bits per heavy atom. The summed E-state index contributed by atoms with van der Waals surface area (Å²) in [6, 6.07) is 17.2. The molecule has 2 aliphatic rings. The van der Waals surface area contributed by atoms with E-state index in [0.29, 0.717) is 35.6 Å². The number of esters is 2. The molecule has 188 valence electrons. The third-order valence-corrected chi connectivity index (χ3v) is 6.70. The van der Waals surface area contributed by atoms with Crippen LogP contribution in [0.5, 0.6) is 5.75 Å². The lowest BCUT2D eigenvalue weighted by Crippen LogP contribution is -2.43. The largest absolute Gasteiger partial charge is 0.489 e. The van der Waals surface area contributed by atoms with Crippen molar-refractivity contribution in [2.45, 2.75) is 39.7 Å². The Morgan fingerprint density at radius 1 is 1.06 bits per heavy atom. The van der Waals surface area contributed by atoms with Gasteiger partial charge in [-0.25, -0.2) is 4.79 Å². The molecule has 3 atom stereocenters. The molecule has 1 N–H and O–H groups in total. The van der Waals surface area contributed by atoms with Crippen molar-refractivity contribution in [2.75, 3.05) is 13.7 Å². The number of carbonyl (C=O) groups excluding carboxylic acids is 3. The Balaban J connectivity index is 1.71. The van der Waals surface area contributed by atoms with Gasteiger partial charge in [0.25, 0.3) is 0 Å². The molecule has 0 amide bonds. The van der Waals surface area contributed by atoms with E-state index in [1.807, 2.05) is 68.4 Å². The summed E-state index contributed by atoms with van der Waals surface area (Å²) < 4.78 is 16.2. The number of ether oxygens (including phenoxy) is 3. The lowest BCUT2D eigenvalue weighted by molar-refractivity contribution is -0.151. The molecule has 2 aromatic carbocycles. The van der Waals surface area contributed by atoms with Crippen LogP contribution in [0.25, 0.3) is 0 Å². The van der Waals surface area contributed by atoms with Crippen LogP contribution in [-0.2, 0) is 30.5 Å². The highest BCUT2D eigenvalue weighted by Crippen LogP contribution is 2.45. The highest BCUT2D eigenvalue weighted by molar-refractivity contribution is 6.12. The van der Waals surface area contributed by atoms with E-state index >= 15 is 0 Å². The Kier molecular flexibility index (Phi) is 7.58. The van der Waals surface area contributed by atoms with Crippen LogP contribution in [0.4, 0.5) is 0 Å². The van der Waals surface area contributed by atoms with Crippen LogP contribution in [0.2, 0.25) is 0 Å². The Bertz CT molecular complexity index is 1210. The van der Waals surface area contributed by atoms with E-state index in [4.69, 9.17) is 14.2 Å². The van der Waals surface area contributed by atoms with Gasteiger partial charge < -0.3 is 19.5 Å². The summed E-state index contributed by atoms with van der Waals surface area (Å²) in [5.74, 6) is -2.55. The maximum atomic E-state index is 13.7. The van der Waals surface area contributed by atoms with Gasteiger partial charge in [0.2, 0.25) is 0 Å². The van der Waals surface area contributed by atoms with Crippen LogP contribution in [0, 0.1) is 11.8 Å². The minimum Gasteiger partial charge on any atom is -0.489 e. The predicted octanol–water partition coefficient (Wildman–Crippen LogP) is 4.44. The normalized spacial score (nSPS) is 21.4. The molecule has 0 bridgehead atoms. The fourth-order valence-corrected chi connectivity index (χ4v) is 4.99. The molecule has 1 aliphatic heterocycles. The number of allylic oxidation sites excluding steroid dienone is 3. The second-order valence-corrected chi connectivity index (χ2v) is 9.10. The summed E-state index contributed by atoms with van der Waals surface area (Å²) >= 11 is 0. The van der Waals surface area contributed by atoms with Gasteiger partial charge in [-0.1, -0.05) is 49.4 Å². The molecular formula is C29H31NO6. The van der Waals surface area contributed by atoms with Crippen molar-refractivity contribution in [3.8, 4) is 5.75 Å². The molecule has 7 nitrogen and oxygen atoms in total. The van der Waals surface area contributed by atoms with Crippen molar-refractivity contribution in [2.24, 2.45) is 11.8 Å². The monoisotopic (exact) mass is 489 g/mol.